The lowest BCUT2D eigenvalue weighted by Crippen LogP contribution is -2.06. The molecule has 0 unspecified atom stereocenters. The van der Waals surface area contributed by atoms with E-state index in [1.807, 2.05) is 0 Å². The first-order chi connectivity index (χ1) is 6.77. The van der Waals surface area contributed by atoms with Crippen LogP contribution in [0.2, 0.25) is 0 Å². The van der Waals surface area contributed by atoms with Crippen molar-refractivity contribution in [1.29, 1.82) is 0 Å². The number of halogens is 2. The third-order valence-corrected chi connectivity index (χ3v) is 1.78. The van der Waals surface area contributed by atoms with Crippen molar-refractivity contribution in [3.63, 3.8) is 0 Å². The summed E-state index contributed by atoms with van der Waals surface area (Å²) in [7, 11) is 1.57. The lowest BCUT2D eigenvalue weighted by atomic mass is 10.2. The minimum atomic E-state index is -0.385. The van der Waals surface area contributed by atoms with Crippen LogP contribution in [0.1, 0.15) is 5.56 Å². The molecule has 0 atom stereocenters. The van der Waals surface area contributed by atoms with Crippen LogP contribution in [-0.4, -0.2) is 20.3 Å². The van der Waals surface area contributed by atoms with Gasteiger partial charge < -0.3 is 15.2 Å². The molecule has 86 valence electrons. The molecule has 1 aromatic rings. The van der Waals surface area contributed by atoms with E-state index in [4.69, 9.17) is 15.2 Å². The molecule has 1 rings (SSSR count). The molecule has 3 nitrogen and oxygen atoms in total. The van der Waals surface area contributed by atoms with Gasteiger partial charge in [-0.05, 0) is 17.7 Å². The fourth-order valence-electron chi connectivity index (χ4n) is 1.02. The molecule has 0 saturated carbocycles. The number of hydrogen-bond acceptors (Lipinski definition) is 3. The van der Waals surface area contributed by atoms with Gasteiger partial charge in [0.25, 0.3) is 0 Å². The Morgan fingerprint density at radius 2 is 2.07 bits per heavy atom. The van der Waals surface area contributed by atoms with E-state index >= 15 is 0 Å². The van der Waals surface area contributed by atoms with Crippen molar-refractivity contribution >= 4 is 12.4 Å². The molecule has 0 bridgehead atoms. The van der Waals surface area contributed by atoms with Crippen molar-refractivity contribution in [2.75, 3.05) is 20.3 Å². The summed E-state index contributed by atoms with van der Waals surface area (Å²) in [5, 5.41) is 0. The Morgan fingerprint density at radius 3 is 2.60 bits per heavy atom. The standard InChI is InChI=1S/C10H14FNO2.ClH/c1-13-4-5-14-10-3-2-8(7-12)6-9(10)11;/h2-3,6H,4-5,7,12H2,1H3;1H. The molecule has 15 heavy (non-hydrogen) atoms. The maximum Gasteiger partial charge on any atom is 0.165 e. The molecule has 5 heteroatoms. The van der Waals surface area contributed by atoms with Crippen LogP contribution in [0.5, 0.6) is 5.75 Å². The molecular formula is C10H15ClFNO2. The summed E-state index contributed by atoms with van der Waals surface area (Å²) in [5.74, 6) is -0.150. The maximum atomic E-state index is 13.2. The topological polar surface area (TPSA) is 44.5 Å². The third kappa shape index (κ3) is 4.46. The van der Waals surface area contributed by atoms with Crippen molar-refractivity contribution in [1.82, 2.24) is 0 Å². The van der Waals surface area contributed by atoms with Gasteiger partial charge in [0, 0.05) is 13.7 Å². The predicted octanol–water partition coefficient (Wildman–Crippen LogP) is 1.73. The molecule has 0 saturated heterocycles. The van der Waals surface area contributed by atoms with Gasteiger partial charge in [-0.3, -0.25) is 0 Å². The second-order valence-electron chi connectivity index (χ2n) is 2.81. The fourth-order valence-corrected chi connectivity index (χ4v) is 1.02. The zero-order chi connectivity index (χ0) is 10.4. The normalized spacial score (nSPS) is 9.53. The average Bonchev–Trinajstić information content (AvgIpc) is 2.20. The number of ether oxygens (including phenoxy) is 2. The molecule has 0 spiro atoms. The van der Waals surface area contributed by atoms with Crippen molar-refractivity contribution in [3.05, 3.63) is 29.6 Å². The maximum absolute atomic E-state index is 13.2. The van der Waals surface area contributed by atoms with E-state index in [0.29, 0.717) is 19.8 Å². The lowest BCUT2D eigenvalue weighted by molar-refractivity contribution is 0.144. The number of nitrogens with two attached hydrogens (primary N) is 1. The highest BCUT2D eigenvalue weighted by molar-refractivity contribution is 5.85. The minimum Gasteiger partial charge on any atom is -0.488 e. The molecule has 0 amide bonds. The van der Waals surface area contributed by atoms with Gasteiger partial charge in [0.15, 0.2) is 11.6 Å². The van der Waals surface area contributed by atoms with Gasteiger partial charge in [0.05, 0.1) is 6.61 Å². The van der Waals surface area contributed by atoms with Crippen molar-refractivity contribution in [2.45, 2.75) is 6.54 Å². The Labute approximate surface area is 94.8 Å². The molecule has 0 radical (unpaired) electrons. The first-order valence-corrected chi connectivity index (χ1v) is 4.38. The van der Waals surface area contributed by atoms with Crippen LogP contribution in [0.25, 0.3) is 0 Å². The monoisotopic (exact) mass is 235 g/mol. The van der Waals surface area contributed by atoms with Crippen LogP contribution in [0.15, 0.2) is 18.2 Å². The lowest BCUT2D eigenvalue weighted by Gasteiger charge is -2.07. The summed E-state index contributed by atoms with van der Waals surface area (Å²) < 4.78 is 23.2. The Bertz CT molecular complexity index is 297. The van der Waals surface area contributed by atoms with E-state index in [-0.39, 0.29) is 24.0 Å². The molecule has 0 aromatic heterocycles. The Hall–Kier alpha value is -0.840. The summed E-state index contributed by atoms with van der Waals surface area (Å²) in [4.78, 5) is 0. The van der Waals surface area contributed by atoms with Crippen LogP contribution in [0.4, 0.5) is 4.39 Å². The van der Waals surface area contributed by atoms with E-state index < -0.39 is 0 Å². The highest BCUT2D eigenvalue weighted by atomic mass is 35.5. The highest BCUT2D eigenvalue weighted by Crippen LogP contribution is 2.17. The van der Waals surface area contributed by atoms with E-state index in [1.165, 1.54) is 6.07 Å². The van der Waals surface area contributed by atoms with Crippen LogP contribution < -0.4 is 10.5 Å². The molecule has 1 aromatic carbocycles. The van der Waals surface area contributed by atoms with Gasteiger partial charge in [-0.1, -0.05) is 6.07 Å². The molecule has 0 aliphatic rings. The smallest absolute Gasteiger partial charge is 0.165 e. The molecule has 0 aliphatic heterocycles. The summed E-state index contributed by atoms with van der Waals surface area (Å²) in [6, 6.07) is 4.69. The van der Waals surface area contributed by atoms with Crippen LogP contribution >= 0.6 is 12.4 Å². The van der Waals surface area contributed by atoms with Gasteiger partial charge in [0.1, 0.15) is 6.61 Å². The second-order valence-corrected chi connectivity index (χ2v) is 2.81. The zero-order valence-corrected chi connectivity index (χ0v) is 9.35. The van der Waals surface area contributed by atoms with Gasteiger partial charge >= 0.3 is 0 Å². The summed E-state index contributed by atoms with van der Waals surface area (Å²) in [6.45, 7) is 1.11. The summed E-state index contributed by atoms with van der Waals surface area (Å²) in [5.41, 5.74) is 6.11. The summed E-state index contributed by atoms with van der Waals surface area (Å²) >= 11 is 0. The van der Waals surface area contributed by atoms with Gasteiger partial charge in [-0.15, -0.1) is 12.4 Å². The quantitative estimate of drug-likeness (QED) is 0.791. The first-order valence-electron chi connectivity index (χ1n) is 4.38. The third-order valence-electron chi connectivity index (χ3n) is 1.78. The van der Waals surface area contributed by atoms with Crippen LogP contribution in [-0.2, 0) is 11.3 Å². The molecule has 0 aliphatic carbocycles. The SMILES string of the molecule is COCCOc1ccc(CN)cc1F.Cl. The molecular weight excluding hydrogens is 221 g/mol. The number of rotatable bonds is 5. The minimum absolute atomic E-state index is 0. The Morgan fingerprint density at radius 1 is 1.33 bits per heavy atom. The summed E-state index contributed by atoms with van der Waals surface area (Å²) in [6.07, 6.45) is 0. The average molecular weight is 236 g/mol. The Kier molecular flexibility index (Phi) is 7.03. The molecule has 0 fully saturated rings. The number of benzene rings is 1. The highest BCUT2D eigenvalue weighted by Gasteiger charge is 2.03. The first kappa shape index (κ1) is 14.2. The van der Waals surface area contributed by atoms with Crippen molar-refractivity contribution in [3.8, 4) is 5.75 Å². The van der Waals surface area contributed by atoms with Crippen molar-refractivity contribution in [2.24, 2.45) is 5.73 Å². The van der Waals surface area contributed by atoms with Gasteiger partial charge in [-0.2, -0.15) is 0 Å². The second kappa shape index (κ2) is 7.45. The van der Waals surface area contributed by atoms with Gasteiger partial charge in [-0.25, -0.2) is 4.39 Å². The largest absolute Gasteiger partial charge is 0.488 e. The number of hydrogen-bond donors (Lipinski definition) is 1. The van der Waals surface area contributed by atoms with Crippen LogP contribution in [0, 0.1) is 5.82 Å². The van der Waals surface area contributed by atoms with Gasteiger partial charge in [0.2, 0.25) is 0 Å². The van der Waals surface area contributed by atoms with E-state index in [1.54, 1.807) is 19.2 Å². The van der Waals surface area contributed by atoms with E-state index in [0.717, 1.165) is 5.56 Å². The Balaban J connectivity index is 0.00000196. The number of methoxy groups -OCH3 is 1. The van der Waals surface area contributed by atoms with Crippen LogP contribution in [0.3, 0.4) is 0 Å². The molecule has 0 heterocycles. The van der Waals surface area contributed by atoms with E-state index in [9.17, 15) is 4.39 Å². The van der Waals surface area contributed by atoms with E-state index in [2.05, 4.69) is 0 Å². The fraction of sp³-hybridized carbons (Fsp3) is 0.400. The molecule has 2 N–H and O–H groups in total. The van der Waals surface area contributed by atoms with Crippen molar-refractivity contribution < 1.29 is 13.9 Å². The zero-order valence-electron chi connectivity index (χ0n) is 8.53. The predicted molar refractivity (Wildman–Crippen MR) is 58.9 cm³/mol.